The molecule has 0 fully saturated rings. The number of halogens is 3. The van der Waals surface area contributed by atoms with Crippen LogP contribution in [0.25, 0.3) is 0 Å². The van der Waals surface area contributed by atoms with Crippen molar-refractivity contribution >= 4 is 17.2 Å². The Kier molecular flexibility index (Phi) is 7.32. The van der Waals surface area contributed by atoms with Gasteiger partial charge in [0.05, 0.1) is 24.2 Å². The number of alkyl halides is 3. The summed E-state index contributed by atoms with van der Waals surface area (Å²) in [6.07, 6.45) is -4.32. The molecule has 1 aromatic heterocycles. The van der Waals surface area contributed by atoms with Crippen LogP contribution in [0.5, 0.6) is 5.75 Å². The highest BCUT2D eigenvalue weighted by Crippen LogP contribution is 2.29. The summed E-state index contributed by atoms with van der Waals surface area (Å²) in [5.41, 5.74) is 1.25. The fourth-order valence-corrected chi connectivity index (χ4v) is 3.27. The average Bonchev–Trinajstić information content (AvgIpc) is 3.17. The quantitative estimate of drug-likeness (QED) is 0.558. The van der Waals surface area contributed by atoms with E-state index < -0.39 is 11.7 Å². The van der Waals surface area contributed by atoms with Crippen molar-refractivity contribution in [1.29, 1.82) is 0 Å². The van der Waals surface area contributed by atoms with Crippen LogP contribution in [0.4, 0.5) is 13.2 Å². The van der Waals surface area contributed by atoms with Crippen LogP contribution in [-0.4, -0.2) is 17.4 Å². The van der Waals surface area contributed by atoms with Crippen molar-refractivity contribution in [2.45, 2.75) is 26.1 Å². The topological polar surface area (TPSA) is 51.2 Å². The predicted molar refractivity (Wildman–Crippen MR) is 113 cm³/mol. The van der Waals surface area contributed by atoms with Gasteiger partial charge in [-0.1, -0.05) is 35.6 Å². The SMILES string of the molecule is Cc1ccc(OCc2nc(CC(=O)NCC#Cc3cccc(C(F)(F)F)c3)cs2)cc1. The summed E-state index contributed by atoms with van der Waals surface area (Å²) in [5, 5.41) is 5.17. The number of nitrogens with zero attached hydrogens (tertiary/aromatic N) is 1. The lowest BCUT2D eigenvalue weighted by molar-refractivity contribution is -0.137. The maximum absolute atomic E-state index is 12.7. The molecule has 3 rings (SSSR count). The molecule has 0 saturated heterocycles. The first kappa shape index (κ1) is 22.4. The second-order valence-electron chi connectivity index (χ2n) is 6.67. The van der Waals surface area contributed by atoms with Crippen molar-refractivity contribution < 1.29 is 22.7 Å². The number of benzene rings is 2. The number of hydrogen-bond acceptors (Lipinski definition) is 4. The van der Waals surface area contributed by atoms with Gasteiger partial charge in [-0.05, 0) is 37.3 Å². The molecule has 4 nitrogen and oxygen atoms in total. The van der Waals surface area contributed by atoms with Crippen molar-refractivity contribution in [2.75, 3.05) is 6.54 Å². The Hall–Kier alpha value is -3.31. The van der Waals surface area contributed by atoms with Crippen LogP contribution in [0.1, 0.15) is 27.4 Å². The third kappa shape index (κ3) is 7.15. The van der Waals surface area contributed by atoms with E-state index in [1.807, 2.05) is 31.2 Å². The molecule has 1 N–H and O–H groups in total. The van der Waals surface area contributed by atoms with Crippen molar-refractivity contribution in [1.82, 2.24) is 10.3 Å². The van der Waals surface area contributed by atoms with Crippen LogP contribution in [0.15, 0.2) is 53.9 Å². The molecule has 0 saturated carbocycles. The minimum atomic E-state index is -4.41. The number of thiazole rings is 1. The fraction of sp³-hybridized carbons (Fsp3) is 0.217. The summed E-state index contributed by atoms with van der Waals surface area (Å²) in [6.45, 7) is 2.35. The molecule has 3 aromatic rings. The van der Waals surface area contributed by atoms with Gasteiger partial charge in [0, 0.05) is 10.9 Å². The van der Waals surface area contributed by atoms with E-state index in [9.17, 15) is 18.0 Å². The van der Waals surface area contributed by atoms with Gasteiger partial charge in [-0.15, -0.1) is 11.3 Å². The zero-order valence-corrected chi connectivity index (χ0v) is 17.4. The Bertz CT molecular complexity index is 1100. The van der Waals surface area contributed by atoms with E-state index in [1.54, 1.807) is 5.38 Å². The molecule has 0 unspecified atom stereocenters. The van der Waals surface area contributed by atoms with E-state index in [0.717, 1.165) is 28.5 Å². The van der Waals surface area contributed by atoms with Crippen LogP contribution in [0.2, 0.25) is 0 Å². The van der Waals surface area contributed by atoms with Gasteiger partial charge in [-0.3, -0.25) is 4.79 Å². The molecular formula is C23H19F3N2O2S. The first-order valence-corrected chi connectivity index (χ1v) is 10.2. The summed E-state index contributed by atoms with van der Waals surface area (Å²) in [5.74, 6) is 5.76. The monoisotopic (exact) mass is 444 g/mol. The third-order valence-corrected chi connectivity index (χ3v) is 4.99. The average molecular weight is 444 g/mol. The summed E-state index contributed by atoms with van der Waals surface area (Å²) >= 11 is 1.41. The second kappa shape index (κ2) is 10.1. The lowest BCUT2D eigenvalue weighted by atomic mass is 10.1. The summed E-state index contributed by atoms with van der Waals surface area (Å²) in [7, 11) is 0. The molecule has 0 aliphatic rings. The molecule has 8 heteroatoms. The van der Waals surface area contributed by atoms with Crippen LogP contribution in [0, 0.1) is 18.8 Å². The Labute approximate surface area is 182 Å². The second-order valence-corrected chi connectivity index (χ2v) is 7.61. The van der Waals surface area contributed by atoms with Gasteiger partial charge in [0.25, 0.3) is 0 Å². The number of carbonyl (C=O) groups is 1. The lowest BCUT2D eigenvalue weighted by Crippen LogP contribution is -2.25. The number of carbonyl (C=O) groups excluding carboxylic acids is 1. The summed E-state index contributed by atoms with van der Waals surface area (Å²) in [6, 6.07) is 12.4. The molecule has 160 valence electrons. The largest absolute Gasteiger partial charge is 0.486 e. The number of rotatable bonds is 6. The van der Waals surface area contributed by atoms with E-state index in [1.165, 1.54) is 23.5 Å². The highest BCUT2D eigenvalue weighted by Gasteiger charge is 2.30. The maximum Gasteiger partial charge on any atom is 0.416 e. The van der Waals surface area contributed by atoms with Crippen molar-refractivity contribution in [3.05, 3.63) is 81.3 Å². The molecular weight excluding hydrogens is 425 g/mol. The van der Waals surface area contributed by atoms with E-state index in [0.29, 0.717) is 12.3 Å². The molecule has 0 bridgehead atoms. The van der Waals surface area contributed by atoms with E-state index in [2.05, 4.69) is 22.1 Å². The number of hydrogen-bond donors (Lipinski definition) is 1. The minimum Gasteiger partial charge on any atom is -0.486 e. The number of ether oxygens (including phenoxy) is 1. The van der Waals surface area contributed by atoms with Crippen LogP contribution >= 0.6 is 11.3 Å². The molecule has 1 heterocycles. The van der Waals surface area contributed by atoms with Gasteiger partial charge in [0.1, 0.15) is 17.4 Å². The summed E-state index contributed by atoms with van der Waals surface area (Å²) in [4.78, 5) is 16.4. The Morgan fingerprint density at radius 3 is 2.71 bits per heavy atom. The first-order valence-electron chi connectivity index (χ1n) is 9.35. The molecule has 2 aromatic carbocycles. The molecule has 31 heavy (non-hydrogen) atoms. The highest BCUT2D eigenvalue weighted by molar-refractivity contribution is 7.09. The zero-order chi connectivity index (χ0) is 22.3. The van der Waals surface area contributed by atoms with Gasteiger partial charge < -0.3 is 10.1 Å². The predicted octanol–water partition coefficient (Wildman–Crippen LogP) is 4.76. The Morgan fingerprint density at radius 1 is 1.19 bits per heavy atom. The van der Waals surface area contributed by atoms with Gasteiger partial charge >= 0.3 is 6.18 Å². The highest BCUT2D eigenvalue weighted by atomic mass is 32.1. The van der Waals surface area contributed by atoms with Crippen molar-refractivity contribution in [3.8, 4) is 17.6 Å². The summed E-state index contributed by atoms with van der Waals surface area (Å²) < 4.78 is 43.8. The number of aromatic nitrogens is 1. The molecule has 0 atom stereocenters. The Morgan fingerprint density at radius 2 is 1.97 bits per heavy atom. The van der Waals surface area contributed by atoms with E-state index in [4.69, 9.17) is 4.74 Å². The molecule has 0 aliphatic heterocycles. The first-order chi connectivity index (χ1) is 14.8. The van der Waals surface area contributed by atoms with Gasteiger partial charge in [0.15, 0.2) is 0 Å². The number of amides is 1. The van der Waals surface area contributed by atoms with Crippen LogP contribution < -0.4 is 10.1 Å². The van der Waals surface area contributed by atoms with Gasteiger partial charge in [-0.2, -0.15) is 13.2 Å². The van der Waals surface area contributed by atoms with Crippen LogP contribution in [-0.2, 0) is 24.0 Å². The molecule has 0 aliphatic carbocycles. The standard InChI is InChI=1S/C23H19F3N2O2S/c1-16-7-9-20(10-8-16)30-14-22-28-19(15-31-22)13-21(29)27-11-3-5-17-4-2-6-18(12-17)23(24,25)26/h2,4,6-10,12,15H,11,13-14H2,1H3,(H,27,29). The van der Waals surface area contributed by atoms with E-state index in [-0.39, 0.29) is 24.4 Å². The van der Waals surface area contributed by atoms with Crippen molar-refractivity contribution in [3.63, 3.8) is 0 Å². The number of aryl methyl sites for hydroxylation is 1. The maximum atomic E-state index is 12.7. The Balaban J connectivity index is 1.45. The van der Waals surface area contributed by atoms with Crippen molar-refractivity contribution in [2.24, 2.45) is 0 Å². The fourth-order valence-electron chi connectivity index (χ4n) is 2.57. The zero-order valence-electron chi connectivity index (χ0n) is 16.6. The van der Waals surface area contributed by atoms with Gasteiger partial charge in [-0.25, -0.2) is 4.98 Å². The number of nitrogens with one attached hydrogen (secondary N) is 1. The minimum absolute atomic E-state index is 0.0304. The van der Waals surface area contributed by atoms with Crippen LogP contribution in [0.3, 0.4) is 0 Å². The lowest BCUT2D eigenvalue weighted by Gasteiger charge is -2.05. The smallest absolute Gasteiger partial charge is 0.416 e. The van der Waals surface area contributed by atoms with E-state index >= 15 is 0 Å². The molecule has 1 amide bonds. The molecule has 0 spiro atoms. The van der Waals surface area contributed by atoms with Gasteiger partial charge in [0.2, 0.25) is 5.91 Å². The third-order valence-electron chi connectivity index (χ3n) is 4.12. The normalized spacial score (nSPS) is 10.8. The molecule has 0 radical (unpaired) electrons.